The van der Waals surface area contributed by atoms with E-state index < -0.39 is 0 Å². The van der Waals surface area contributed by atoms with E-state index in [1.54, 1.807) is 0 Å². The van der Waals surface area contributed by atoms with Crippen molar-refractivity contribution in [2.24, 2.45) is 16.2 Å². The number of carbonyl (C=O) groups excluding carboxylic acids is 1. The molecule has 5 aromatic rings. The summed E-state index contributed by atoms with van der Waals surface area (Å²) in [5.41, 5.74) is 6.58. The van der Waals surface area contributed by atoms with E-state index in [1.165, 1.54) is 53.7 Å². The molecule has 0 spiro atoms. The number of aromatic nitrogens is 1. The Morgan fingerprint density at radius 3 is 2.13 bits per heavy atom. The fraction of sp³-hybridized carbons (Fsp3) is 0.480. The van der Waals surface area contributed by atoms with E-state index in [-0.39, 0.29) is 47.9 Å². The molecule has 2 aromatic heterocycles. The zero-order valence-electron chi connectivity index (χ0n) is 35.3. The van der Waals surface area contributed by atoms with Crippen LogP contribution in [0.3, 0.4) is 0 Å². The zero-order chi connectivity index (χ0) is 39.5. The second kappa shape index (κ2) is 17.7. The van der Waals surface area contributed by atoms with Gasteiger partial charge in [-0.2, -0.15) is 0 Å². The number of allylic oxidation sites excluding steroid dienone is 2. The van der Waals surface area contributed by atoms with Crippen molar-refractivity contribution >= 4 is 27.5 Å². The van der Waals surface area contributed by atoms with Gasteiger partial charge in [0.15, 0.2) is 5.78 Å². The number of rotatable bonds is 10. The molecule has 1 aliphatic carbocycles. The molecule has 0 saturated heterocycles. The summed E-state index contributed by atoms with van der Waals surface area (Å²) in [6.45, 7) is 23.7. The summed E-state index contributed by atoms with van der Waals surface area (Å²) in [6.07, 6.45) is 11.8. The van der Waals surface area contributed by atoms with Crippen molar-refractivity contribution < 1.29 is 34.4 Å². The van der Waals surface area contributed by atoms with Gasteiger partial charge in [0, 0.05) is 59.9 Å². The van der Waals surface area contributed by atoms with E-state index in [0.29, 0.717) is 11.3 Å². The van der Waals surface area contributed by atoms with Gasteiger partial charge in [-0.3, -0.25) is 9.78 Å². The summed E-state index contributed by atoms with van der Waals surface area (Å²) < 4.78 is 6.33. The SMILES string of the molecule is CC1(C)CCC(c2ccc3oc(-c4ccnc(-c5[c-]c6ccccc6c(C(C)(C)C)c5)c4)cc3c2)CC1.CCC(C)(CC)C(=O)/C=C(\O)C(C)(CC)CC.[Ir]. The van der Waals surface area contributed by atoms with E-state index in [0.717, 1.165) is 59.2 Å². The average Bonchev–Trinajstić information content (AvgIpc) is 3.60. The number of hydrogen-bond acceptors (Lipinski definition) is 4. The van der Waals surface area contributed by atoms with Gasteiger partial charge in [0.1, 0.15) is 17.1 Å². The molecule has 5 heteroatoms. The van der Waals surface area contributed by atoms with Gasteiger partial charge in [-0.1, -0.05) is 117 Å². The predicted molar refractivity (Wildman–Crippen MR) is 228 cm³/mol. The Morgan fingerprint density at radius 1 is 0.873 bits per heavy atom. The first-order valence-corrected chi connectivity index (χ1v) is 20.4. The van der Waals surface area contributed by atoms with Crippen molar-refractivity contribution in [2.75, 3.05) is 0 Å². The fourth-order valence-electron chi connectivity index (χ4n) is 7.59. The molecule has 2 heterocycles. The number of nitrogens with zero attached hydrogens (tertiary/aromatic N) is 1. The number of benzene rings is 3. The van der Waals surface area contributed by atoms with Gasteiger partial charge in [-0.25, -0.2) is 0 Å². The Hall–Kier alpha value is -3.53. The predicted octanol–water partition coefficient (Wildman–Crippen LogP) is 14.7. The van der Waals surface area contributed by atoms with Gasteiger partial charge >= 0.3 is 0 Å². The standard InChI is InChI=1S/C35H36NO.C15H28O2.Ir/c1-34(2,3)30-20-27(19-25-8-6-7-9-29(25)30)31-21-26(14-17-36-31)33-22-28-18-24(10-11-32(28)37-33)23-12-15-35(4,5)16-13-23;1-7-14(5,8-2)12(16)11-13(17)15(6,9-3)10-4;/h6-11,14,17-18,20-23H,12-13,15-16H2,1-5H3;11,16H,7-10H2,1-6H3;/q-1;;/b;12-11-;. The van der Waals surface area contributed by atoms with Crippen molar-refractivity contribution in [1.82, 2.24) is 4.98 Å². The first-order valence-electron chi connectivity index (χ1n) is 20.4. The monoisotopic (exact) mass is 919 g/mol. The molecular formula is C50H64IrNO3-. The van der Waals surface area contributed by atoms with Crippen LogP contribution in [0.1, 0.15) is 145 Å². The van der Waals surface area contributed by atoms with E-state index in [2.05, 4.69) is 101 Å². The number of furan rings is 1. The Labute approximate surface area is 345 Å². The van der Waals surface area contributed by atoms with Gasteiger partial charge < -0.3 is 9.52 Å². The van der Waals surface area contributed by atoms with Crippen LogP contribution >= 0.6 is 0 Å². The molecule has 55 heavy (non-hydrogen) atoms. The third-order valence-corrected chi connectivity index (χ3v) is 12.9. The smallest absolute Gasteiger partial charge is 0.164 e. The summed E-state index contributed by atoms with van der Waals surface area (Å²) in [4.78, 5) is 16.9. The molecule has 297 valence electrons. The third-order valence-electron chi connectivity index (χ3n) is 12.9. The van der Waals surface area contributed by atoms with Crippen LogP contribution in [0.2, 0.25) is 0 Å². The molecule has 3 aromatic carbocycles. The second-order valence-corrected chi connectivity index (χ2v) is 18.1. The van der Waals surface area contributed by atoms with Crippen LogP contribution < -0.4 is 0 Å². The van der Waals surface area contributed by atoms with Crippen molar-refractivity contribution in [1.29, 1.82) is 0 Å². The van der Waals surface area contributed by atoms with Crippen LogP contribution in [-0.2, 0) is 30.3 Å². The van der Waals surface area contributed by atoms with Crippen LogP contribution in [0.4, 0.5) is 0 Å². The Morgan fingerprint density at radius 2 is 1.51 bits per heavy atom. The van der Waals surface area contributed by atoms with E-state index >= 15 is 0 Å². The van der Waals surface area contributed by atoms with Crippen molar-refractivity contribution in [2.45, 2.75) is 139 Å². The number of ketones is 1. The molecule has 1 aliphatic rings. The summed E-state index contributed by atoms with van der Waals surface area (Å²) >= 11 is 0. The van der Waals surface area contributed by atoms with Gasteiger partial charge in [-0.05, 0) is 97.9 Å². The van der Waals surface area contributed by atoms with Gasteiger partial charge in [0.05, 0.1) is 0 Å². The molecule has 0 atom stereocenters. The number of hydrogen-bond donors (Lipinski definition) is 1. The first-order chi connectivity index (χ1) is 25.5. The Kier molecular flexibility index (Phi) is 14.2. The molecule has 4 nitrogen and oxygen atoms in total. The van der Waals surface area contributed by atoms with E-state index in [9.17, 15) is 9.90 Å². The van der Waals surface area contributed by atoms with Gasteiger partial charge in [-0.15, -0.1) is 29.1 Å². The number of fused-ring (bicyclic) bond motifs is 2. The minimum Gasteiger partial charge on any atom is -0.512 e. The normalized spacial score (nSPS) is 15.4. The third kappa shape index (κ3) is 10.1. The van der Waals surface area contributed by atoms with Crippen molar-refractivity contribution in [3.05, 3.63) is 102 Å². The maximum absolute atomic E-state index is 12.2. The van der Waals surface area contributed by atoms with Gasteiger partial charge in [0.2, 0.25) is 0 Å². The molecule has 1 fully saturated rings. The van der Waals surface area contributed by atoms with Crippen LogP contribution in [0.25, 0.3) is 44.3 Å². The summed E-state index contributed by atoms with van der Waals surface area (Å²) in [6, 6.07) is 27.5. The van der Waals surface area contributed by atoms with Crippen LogP contribution in [-0.4, -0.2) is 15.9 Å². The Bertz CT molecular complexity index is 2090. The second-order valence-electron chi connectivity index (χ2n) is 18.1. The zero-order valence-corrected chi connectivity index (χ0v) is 37.7. The molecular weight excluding hydrogens is 855 g/mol. The number of aliphatic hydroxyl groups is 1. The molecule has 1 saturated carbocycles. The van der Waals surface area contributed by atoms with Crippen LogP contribution in [0.5, 0.6) is 0 Å². The molecule has 1 N–H and O–H groups in total. The van der Waals surface area contributed by atoms with Crippen LogP contribution in [0.15, 0.2) is 89.2 Å². The minimum atomic E-state index is -0.337. The van der Waals surface area contributed by atoms with Crippen molar-refractivity contribution in [3.63, 3.8) is 0 Å². The molecule has 0 bridgehead atoms. The topological polar surface area (TPSA) is 63.3 Å². The quantitative estimate of drug-likeness (QED) is 0.0861. The van der Waals surface area contributed by atoms with E-state index in [4.69, 9.17) is 9.40 Å². The molecule has 0 amide bonds. The summed E-state index contributed by atoms with van der Waals surface area (Å²) in [5.74, 6) is 1.83. The fourth-order valence-corrected chi connectivity index (χ4v) is 7.59. The average molecular weight is 919 g/mol. The maximum atomic E-state index is 12.2. The minimum absolute atomic E-state index is 0. The largest absolute Gasteiger partial charge is 0.512 e. The van der Waals surface area contributed by atoms with Gasteiger partial charge in [0.25, 0.3) is 0 Å². The molecule has 0 unspecified atom stereocenters. The summed E-state index contributed by atoms with van der Waals surface area (Å²) in [5, 5.41) is 13.7. The number of carbonyl (C=O) groups is 1. The molecule has 1 radical (unpaired) electrons. The van der Waals surface area contributed by atoms with Crippen LogP contribution in [0, 0.1) is 22.3 Å². The maximum Gasteiger partial charge on any atom is 0.164 e. The number of pyridine rings is 1. The van der Waals surface area contributed by atoms with Crippen molar-refractivity contribution in [3.8, 4) is 22.6 Å². The molecule has 0 aliphatic heterocycles. The molecule has 6 rings (SSSR count). The van der Waals surface area contributed by atoms with E-state index in [1.807, 2.05) is 53.8 Å². The Balaban J connectivity index is 0.000000320. The summed E-state index contributed by atoms with van der Waals surface area (Å²) in [7, 11) is 0. The number of aliphatic hydroxyl groups excluding tert-OH is 1. The first kappa shape index (κ1) is 44.2.